The molecule has 1 unspecified atom stereocenters. The summed E-state index contributed by atoms with van der Waals surface area (Å²) in [5.41, 5.74) is 1.41. The fourth-order valence-corrected chi connectivity index (χ4v) is 4.49. The number of thiophene rings is 1. The number of hydrogen-bond donors (Lipinski definition) is 0. The van der Waals surface area contributed by atoms with Gasteiger partial charge in [0, 0.05) is 22.6 Å². The van der Waals surface area contributed by atoms with Crippen molar-refractivity contribution in [1.82, 2.24) is 0 Å². The van der Waals surface area contributed by atoms with Gasteiger partial charge in [-0.15, -0.1) is 17.9 Å². The molecule has 0 amide bonds. The van der Waals surface area contributed by atoms with Crippen molar-refractivity contribution in [3.05, 3.63) is 82.8 Å². The molecule has 2 aromatic carbocycles. The van der Waals surface area contributed by atoms with Gasteiger partial charge in [0.2, 0.25) is 0 Å². The highest BCUT2D eigenvalue weighted by Gasteiger charge is 2.31. The molecule has 1 aromatic heterocycles. The molecule has 0 N–H and O–H groups in total. The van der Waals surface area contributed by atoms with Crippen LogP contribution >= 0.6 is 11.3 Å². The molecule has 0 saturated heterocycles. The average molecular weight is 420 g/mol. The standard InChI is InChI=1S/C23H23F3O2S/c1-3-12-28-20(11-13-27-15-17-7-5-4-6-8-17)22-16(2)19-10-9-18(23(24,25)26)14-21(19)29-22/h3-10,14,20H,1,11-13,15H2,2H3. The predicted octanol–water partition coefficient (Wildman–Crippen LogP) is 7.08. The van der Waals surface area contributed by atoms with Crippen molar-refractivity contribution >= 4 is 21.4 Å². The Morgan fingerprint density at radius 2 is 1.90 bits per heavy atom. The van der Waals surface area contributed by atoms with E-state index in [1.54, 1.807) is 12.1 Å². The fraction of sp³-hybridized carbons (Fsp3) is 0.304. The van der Waals surface area contributed by atoms with E-state index in [0.717, 1.165) is 27.5 Å². The number of alkyl halides is 3. The molecule has 0 bridgehead atoms. The van der Waals surface area contributed by atoms with Crippen LogP contribution in [0.25, 0.3) is 10.1 Å². The van der Waals surface area contributed by atoms with E-state index in [2.05, 4.69) is 6.58 Å². The van der Waals surface area contributed by atoms with E-state index in [9.17, 15) is 13.2 Å². The van der Waals surface area contributed by atoms with E-state index in [0.29, 0.717) is 30.9 Å². The first kappa shape index (κ1) is 21.6. The van der Waals surface area contributed by atoms with E-state index in [1.807, 2.05) is 37.3 Å². The highest BCUT2D eigenvalue weighted by atomic mass is 32.1. The van der Waals surface area contributed by atoms with Crippen LogP contribution < -0.4 is 0 Å². The van der Waals surface area contributed by atoms with E-state index in [1.165, 1.54) is 17.4 Å². The molecular formula is C23H23F3O2S. The molecule has 0 spiro atoms. The monoisotopic (exact) mass is 420 g/mol. The molecule has 3 rings (SSSR count). The largest absolute Gasteiger partial charge is 0.416 e. The van der Waals surface area contributed by atoms with Crippen LogP contribution in [-0.4, -0.2) is 13.2 Å². The van der Waals surface area contributed by atoms with Crippen molar-refractivity contribution in [2.75, 3.05) is 13.2 Å². The number of rotatable bonds is 9. The van der Waals surface area contributed by atoms with Gasteiger partial charge in [-0.2, -0.15) is 13.2 Å². The molecule has 0 aliphatic heterocycles. The fourth-order valence-electron chi connectivity index (χ4n) is 3.16. The van der Waals surface area contributed by atoms with Gasteiger partial charge in [0.1, 0.15) is 0 Å². The summed E-state index contributed by atoms with van der Waals surface area (Å²) in [6.45, 7) is 6.98. The van der Waals surface area contributed by atoms with Gasteiger partial charge in [0.05, 0.1) is 24.9 Å². The van der Waals surface area contributed by atoms with E-state index < -0.39 is 11.7 Å². The molecule has 1 atom stereocenters. The predicted molar refractivity (Wildman–Crippen MR) is 111 cm³/mol. The quantitative estimate of drug-likeness (QED) is 0.272. The van der Waals surface area contributed by atoms with Crippen molar-refractivity contribution in [3.63, 3.8) is 0 Å². The number of ether oxygens (including phenoxy) is 2. The zero-order valence-corrected chi connectivity index (χ0v) is 17.0. The van der Waals surface area contributed by atoms with Crippen LogP contribution in [0.2, 0.25) is 0 Å². The van der Waals surface area contributed by atoms with Gasteiger partial charge in [-0.3, -0.25) is 0 Å². The molecule has 2 nitrogen and oxygen atoms in total. The Bertz CT molecular complexity index is 948. The van der Waals surface area contributed by atoms with Gasteiger partial charge in [-0.1, -0.05) is 42.5 Å². The highest BCUT2D eigenvalue weighted by molar-refractivity contribution is 7.19. The first-order valence-electron chi connectivity index (χ1n) is 9.34. The first-order chi connectivity index (χ1) is 13.9. The van der Waals surface area contributed by atoms with E-state index >= 15 is 0 Å². The molecule has 3 aromatic rings. The third-order valence-corrected chi connectivity index (χ3v) is 5.99. The number of benzene rings is 2. The summed E-state index contributed by atoms with van der Waals surface area (Å²) in [5, 5.41) is 0.829. The van der Waals surface area contributed by atoms with Crippen molar-refractivity contribution in [2.24, 2.45) is 0 Å². The normalized spacial score (nSPS) is 13.0. The van der Waals surface area contributed by atoms with Crippen LogP contribution in [0.1, 0.15) is 34.1 Å². The Labute approximate surface area is 172 Å². The molecule has 0 aliphatic carbocycles. The van der Waals surface area contributed by atoms with Crippen LogP contribution in [0.4, 0.5) is 13.2 Å². The van der Waals surface area contributed by atoms with Crippen LogP contribution in [0, 0.1) is 6.92 Å². The minimum atomic E-state index is -4.35. The number of halogens is 3. The second kappa shape index (κ2) is 9.57. The lowest BCUT2D eigenvalue weighted by Crippen LogP contribution is -2.08. The summed E-state index contributed by atoms with van der Waals surface area (Å²) in [4.78, 5) is 0.935. The van der Waals surface area contributed by atoms with Gasteiger partial charge in [0.15, 0.2) is 0 Å². The van der Waals surface area contributed by atoms with Gasteiger partial charge in [-0.05, 0) is 35.6 Å². The lowest BCUT2D eigenvalue weighted by atomic mass is 10.1. The minimum absolute atomic E-state index is 0.254. The molecule has 1 heterocycles. The maximum absolute atomic E-state index is 13.0. The first-order valence-corrected chi connectivity index (χ1v) is 10.2. The molecule has 154 valence electrons. The smallest absolute Gasteiger partial charge is 0.377 e. The van der Waals surface area contributed by atoms with Crippen LogP contribution in [-0.2, 0) is 22.3 Å². The van der Waals surface area contributed by atoms with E-state index in [-0.39, 0.29) is 6.10 Å². The maximum atomic E-state index is 13.0. The zero-order chi connectivity index (χ0) is 20.9. The van der Waals surface area contributed by atoms with Crippen LogP contribution in [0.3, 0.4) is 0 Å². The molecule has 0 saturated carbocycles. The van der Waals surface area contributed by atoms with Crippen LogP contribution in [0.15, 0.2) is 61.2 Å². The minimum Gasteiger partial charge on any atom is -0.377 e. The van der Waals surface area contributed by atoms with Crippen molar-refractivity contribution < 1.29 is 22.6 Å². The average Bonchev–Trinajstić information content (AvgIpc) is 3.03. The third-order valence-electron chi connectivity index (χ3n) is 4.65. The molecule has 0 aliphatic rings. The van der Waals surface area contributed by atoms with Crippen LogP contribution in [0.5, 0.6) is 0 Å². The van der Waals surface area contributed by atoms with Gasteiger partial charge < -0.3 is 9.47 Å². The van der Waals surface area contributed by atoms with Gasteiger partial charge in [-0.25, -0.2) is 0 Å². The van der Waals surface area contributed by atoms with Gasteiger partial charge >= 0.3 is 6.18 Å². The molecule has 0 fully saturated rings. The Morgan fingerprint density at radius 3 is 2.59 bits per heavy atom. The number of fused-ring (bicyclic) bond motifs is 1. The number of hydrogen-bond acceptors (Lipinski definition) is 3. The topological polar surface area (TPSA) is 18.5 Å². The van der Waals surface area contributed by atoms with Crippen molar-refractivity contribution in [1.29, 1.82) is 0 Å². The molecule has 6 heteroatoms. The number of aryl methyl sites for hydroxylation is 1. The second-order valence-corrected chi connectivity index (χ2v) is 7.82. The van der Waals surface area contributed by atoms with E-state index in [4.69, 9.17) is 9.47 Å². The summed E-state index contributed by atoms with van der Waals surface area (Å²) >= 11 is 1.35. The molecule has 29 heavy (non-hydrogen) atoms. The Morgan fingerprint density at radius 1 is 1.14 bits per heavy atom. The lowest BCUT2D eigenvalue weighted by Gasteiger charge is -2.17. The summed E-state index contributed by atoms with van der Waals surface area (Å²) in [6, 6.07) is 13.8. The Kier molecular flexibility index (Phi) is 7.11. The molecule has 0 radical (unpaired) electrons. The Balaban J connectivity index is 1.75. The third kappa shape index (κ3) is 5.47. The van der Waals surface area contributed by atoms with Crippen molar-refractivity contribution in [2.45, 2.75) is 32.2 Å². The lowest BCUT2D eigenvalue weighted by molar-refractivity contribution is -0.137. The van der Waals surface area contributed by atoms with Crippen molar-refractivity contribution in [3.8, 4) is 0 Å². The summed E-state index contributed by atoms with van der Waals surface area (Å²) < 4.78 is 51.5. The summed E-state index contributed by atoms with van der Waals surface area (Å²) in [6.07, 6.45) is -2.32. The molecular weight excluding hydrogens is 397 g/mol. The second-order valence-electron chi connectivity index (χ2n) is 6.74. The SMILES string of the molecule is C=CCOC(CCOCc1ccccc1)c1sc2cc(C(F)(F)F)ccc2c1C. The Hall–Kier alpha value is -2.15. The summed E-state index contributed by atoms with van der Waals surface area (Å²) in [5.74, 6) is 0. The van der Waals surface area contributed by atoms with Gasteiger partial charge in [0.25, 0.3) is 0 Å². The zero-order valence-electron chi connectivity index (χ0n) is 16.2. The maximum Gasteiger partial charge on any atom is 0.416 e. The summed E-state index contributed by atoms with van der Waals surface area (Å²) in [7, 11) is 0. The highest BCUT2D eigenvalue weighted by Crippen LogP contribution is 2.40.